The summed E-state index contributed by atoms with van der Waals surface area (Å²) in [7, 11) is 0. The first-order chi connectivity index (χ1) is 13.4. The molecule has 0 aromatic carbocycles. The Morgan fingerprint density at radius 1 is 1.25 bits per heavy atom. The maximum atomic E-state index is 12.9. The lowest BCUT2D eigenvalue weighted by molar-refractivity contribution is -0.125. The molecule has 1 unspecified atom stereocenters. The second-order valence-corrected chi connectivity index (χ2v) is 8.15. The molecule has 7 nitrogen and oxygen atoms in total. The van der Waals surface area contributed by atoms with Crippen molar-refractivity contribution in [3.05, 3.63) is 23.9 Å². The molecule has 3 heterocycles. The Hall–Kier alpha value is -2.44. The zero-order valence-electron chi connectivity index (χ0n) is 16.8. The number of nitrogens with zero attached hydrogens (tertiary/aromatic N) is 3. The van der Waals surface area contributed by atoms with E-state index in [0.29, 0.717) is 57.0 Å². The van der Waals surface area contributed by atoms with Crippen molar-refractivity contribution in [2.75, 3.05) is 37.6 Å². The van der Waals surface area contributed by atoms with Crippen molar-refractivity contribution in [2.24, 2.45) is 11.8 Å². The monoisotopic (exact) mass is 386 g/mol. The van der Waals surface area contributed by atoms with Gasteiger partial charge in [-0.1, -0.05) is 13.8 Å². The van der Waals surface area contributed by atoms with Gasteiger partial charge in [0.2, 0.25) is 5.91 Å². The summed E-state index contributed by atoms with van der Waals surface area (Å²) in [6.45, 7) is 7.22. The molecule has 7 heteroatoms. The number of ketones is 1. The van der Waals surface area contributed by atoms with Gasteiger partial charge in [0.1, 0.15) is 11.6 Å². The first kappa shape index (κ1) is 20.3. The van der Waals surface area contributed by atoms with Gasteiger partial charge in [-0.3, -0.25) is 14.4 Å². The van der Waals surface area contributed by atoms with Gasteiger partial charge in [0.25, 0.3) is 5.91 Å². The molecule has 0 bridgehead atoms. The Labute approximate surface area is 166 Å². The molecule has 28 heavy (non-hydrogen) atoms. The zero-order valence-corrected chi connectivity index (χ0v) is 16.8. The number of nitrogens with one attached hydrogen (secondary N) is 1. The summed E-state index contributed by atoms with van der Waals surface area (Å²) in [4.78, 5) is 45.1. The minimum atomic E-state index is -0.0613. The van der Waals surface area contributed by atoms with Crippen LogP contribution in [0.3, 0.4) is 0 Å². The number of hydrogen-bond donors (Lipinski definition) is 1. The molecule has 3 rings (SSSR count). The van der Waals surface area contributed by atoms with E-state index in [1.807, 2.05) is 24.8 Å². The second kappa shape index (κ2) is 9.17. The maximum Gasteiger partial charge on any atom is 0.255 e. The molecular weight excluding hydrogens is 356 g/mol. The van der Waals surface area contributed by atoms with Crippen LogP contribution in [-0.4, -0.2) is 60.2 Å². The summed E-state index contributed by atoms with van der Waals surface area (Å²) in [6.07, 6.45) is 4.37. The van der Waals surface area contributed by atoms with Gasteiger partial charge in [-0.15, -0.1) is 0 Å². The molecule has 2 saturated heterocycles. The van der Waals surface area contributed by atoms with Crippen molar-refractivity contribution in [2.45, 2.75) is 39.5 Å². The molecule has 2 amide bonds. The highest BCUT2D eigenvalue weighted by molar-refractivity contribution is 5.94. The van der Waals surface area contributed by atoms with Crippen LogP contribution in [0, 0.1) is 11.8 Å². The van der Waals surface area contributed by atoms with Gasteiger partial charge >= 0.3 is 0 Å². The number of hydrogen-bond acceptors (Lipinski definition) is 5. The van der Waals surface area contributed by atoms with Crippen LogP contribution in [0.15, 0.2) is 18.3 Å². The van der Waals surface area contributed by atoms with Crippen molar-refractivity contribution in [1.29, 1.82) is 0 Å². The smallest absolute Gasteiger partial charge is 0.255 e. The van der Waals surface area contributed by atoms with Crippen LogP contribution in [0.5, 0.6) is 0 Å². The van der Waals surface area contributed by atoms with Crippen LogP contribution in [0.25, 0.3) is 0 Å². The number of amides is 2. The summed E-state index contributed by atoms with van der Waals surface area (Å²) in [6, 6.07) is 3.64. The molecule has 1 N–H and O–H groups in total. The highest BCUT2D eigenvalue weighted by atomic mass is 16.2. The minimum Gasteiger partial charge on any atom is -0.354 e. The van der Waals surface area contributed by atoms with E-state index in [1.54, 1.807) is 17.2 Å². The highest BCUT2D eigenvalue weighted by Crippen LogP contribution is 2.22. The fraction of sp³-hybridized carbons (Fsp3) is 0.619. The van der Waals surface area contributed by atoms with Crippen molar-refractivity contribution in [1.82, 2.24) is 15.2 Å². The Balaban J connectivity index is 1.62. The Bertz CT molecular complexity index is 717. The van der Waals surface area contributed by atoms with E-state index in [1.165, 1.54) is 0 Å². The zero-order chi connectivity index (χ0) is 20.1. The van der Waals surface area contributed by atoms with E-state index < -0.39 is 0 Å². The number of likely N-dealkylation sites (tertiary alicyclic amines) is 1. The predicted octanol–water partition coefficient (Wildman–Crippen LogP) is 1.88. The normalized spacial score (nSPS) is 20.7. The molecule has 1 aromatic heterocycles. The lowest BCUT2D eigenvalue weighted by Crippen LogP contribution is -2.42. The van der Waals surface area contributed by atoms with Crippen molar-refractivity contribution >= 4 is 23.4 Å². The molecule has 0 radical (unpaired) electrons. The van der Waals surface area contributed by atoms with Crippen LogP contribution < -0.4 is 10.2 Å². The van der Waals surface area contributed by atoms with Crippen molar-refractivity contribution in [3.8, 4) is 0 Å². The topological polar surface area (TPSA) is 82.6 Å². The average Bonchev–Trinajstić information content (AvgIpc) is 2.91. The molecular formula is C21H30N4O3. The standard InChI is InChI=1S/C21H30N4O3/c1-15(2)12-18(26)17-4-3-9-25(14-17)21(28)16-5-6-19(23-13-16)24-10-7-20(27)22-8-11-24/h5-6,13,15,17H,3-4,7-12,14H2,1-2H3,(H,22,27). The number of pyridine rings is 1. The molecule has 2 fully saturated rings. The van der Waals surface area contributed by atoms with Crippen molar-refractivity contribution < 1.29 is 14.4 Å². The predicted molar refractivity (Wildman–Crippen MR) is 107 cm³/mol. The molecule has 2 aliphatic rings. The number of rotatable bonds is 5. The third-order valence-electron chi connectivity index (χ3n) is 5.40. The average molecular weight is 386 g/mol. The van der Waals surface area contributed by atoms with Crippen LogP contribution in [0.4, 0.5) is 5.82 Å². The summed E-state index contributed by atoms with van der Waals surface area (Å²) in [5.41, 5.74) is 0.546. The summed E-state index contributed by atoms with van der Waals surface area (Å²) >= 11 is 0. The van der Waals surface area contributed by atoms with Crippen molar-refractivity contribution in [3.63, 3.8) is 0 Å². The fourth-order valence-electron chi connectivity index (χ4n) is 3.87. The molecule has 2 aliphatic heterocycles. The van der Waals surface area contributed by atoms with Gasteiger partial charge in [-0.2, -0.15) is 0 Å². The summed E-state index contributed by atoms with van der Waals surface area (Å²) in [5, 5.41) is 2.85. The van der Waals surface area contributed by atoms with E-state index >= 15 is 0 Å². The Morgan fingerprint density at radius 2 is 2.07 bits per heavy atom. The molecule has 0 aliphatic carbocycles. The van der Waals surface area contributed by atoms with Crippen LogP contribution >= 0.6 is 0 Å². The number of Topliss-reactive ketones (excluding diaryl/α,β-unsaturated/α-hetero) is 1. The van der Waals surface area contributed by atoms with Crippen LogP contribution in [0.1, 0.15) is 49.9 Å². The van der Waals surface area contributed by atoms with E-state index in [-0.39, 0.29) is 23.5 Å². The highest BCUT2D eigenvalue weighted by Gasteiger charge is 2.29. The number of anilines is 1. The maximum absolute atomic E-state index is 12.9. The fourth-order valence-corrected chi connectivity index (χ4v) is 3.87. The molecule has 0 saturated carbocycles. The largest absolute Gasteiger partial charge is 0.354 e. The van der Waals surface area contributed by atoms with Gasteiger partial charge in [0, 0.05) is 57.7 Å². The van der Waals surface area contributed by atoms with Gasteiger partial charge in [0.15, 0.2) is 0 Å². The van der Waals surface area contributed by atoms with Gasteiger partial charge in [0.05, 0.1) is 5.56 Å². The lowest BCUT2D eigenvalue weighted by Gasteiger charge is -2.32. The van der Waals surface area contributed by atoms with E-state index in [2.05, 4.69) is 10.3 Å². The minimum absolute atomic E-state index is 0.0468. The second-order valence-electron chi connectivity index (χ2n) is 8.15. The first-order valence-electron chi connectivity index (χ1n) is 10.2. The third kappa shape index (κ3) is 5.09. The SMILES string of the molecule is CC(C)CC(=O)C1CCCN(C(=O)c2ccc(N3CCNC(=O)CC3)nc2)C1. The molecule has 1 aromatic rings. The van der Waals surface area contributed by atoms with E-state index in [0.717, 1.165) is 18.7 Å². The van der Waals surface area contributed by atoms with Gasteiger partial charge in [-0.25, -0.2) is 4.98 Å². The summed E-state index contributed by atoms with van der Waals surface area (Å²) in [5.74, 6) is 1.34. The first-order valence-corrected chi connectivity index (χ1v) is 10.2. The number of aromatic nitrogens is 1. The lowest BCUT2D eigenvalue weighted by atomic mass is 9.89. The molecule has 1 atom stereocenters. The third-order valence-corrected chi connectivity index (χ3v) is 5.40. The number of carbonyl (C=O) groups is 3. The molecule has 0 spiro atoms. The number of piperidine rings is 1. The Morgan fingerprint density at radius 3 is 2.79 bits per heavy atom. The van der Waals surface area contributed by atoms with E-state index in [4.69, 9.17) is 0 Å². The van der Waals surface area contributed by atoms with Crippen LogP contribution in [0.2, 0.25) is 0 Å². The molecule has 152 valence electrons. The summed E-state index contributed by atoms with van der Waals surface area (Å²) < 4.78 is 0. The van der Waals surface area contributed by atoms with Crippen LogP contribution in [-0.2, 0) is 9.59 Å². The van der Waals surface area contributed by atoms with E-state index in [9.17, 15) is 14.4 Å². The van der Waals surface area contributed by atoms with Gasteiger partial charge < -0.3 is 15.1 Å². The van der Waals surface area contributed by atoms with Gasteiger partial charge in [-0.05, 0) is 30.9 Å². The Kier molecular flexibility index (Phi) is 6.65. The number of carbonyl (C=O) groups excluding carboxylic acids is 3. The quantitative estimate of drug-likeness (QED) is 0.835.